The lowest BCUT2D eigenvalue weighted by atomic mass is 9.90. The van der Waals surface area contributed by atoms with Crippen LogP contribution in [-0.4, -0.2) is 25.2 Å². The van der Waals surface area contributed by atoms with E-state index < -0.39 is 5.97 Å². The van der Waals surface area contributed by atoms with Crippen molar-refractivity contribution in [3.05, 3.63) is 17.3 Å². The third-order valence-corrected chi connectivity index (χ3v) is 2.81. The highest BCUT2D eigenvalue weighted by molar-refractivity contribution is 5.87. The molecule has 0 N–H and O–H groups in total. The number of carbonyl (C=O) groups excluding carboxylic acids is 1. The molecule has 0 radical (unpaired) electrons. The van der Waals surface area contributed by atoms with E-state index in [0.717, 1.165) is 6.42 Å². The Hall–Kier alpha value is -1.36. The Morgan fingerprint density at radius 3 is 2.53 bits per heavy atom. The molecular formula is C12H19NO4. The van der Waals surface area contributed by atoms with Gasteiger partial charge >= 0.3 is 5.97 Å². The smallest absolute Gasteiger partial charge is 0.376 e. The molecule has 5 heteroatoms. The quantitative estimate of drug-likeness (QED) is 0.740. The summed E-state index contributed by atoms with van der Waals surface area (Å²) in [6, 6.07) is 0. The topological polar surface area (TPSA) is 61.6 Å². The minimum Gasteiger partial charge on any atom is -0.463 e. The van der Waals surface area contributed by atoms with Crippen LogP contribution in [0.15, 0.2) is 4.42 Å². The van der Waals surface area contributed by atoms with Crippen LogP contribution in [0.2, 0.25) is 0 Å². The summed E-state index contributed by atoms with van der Waals surface area (Å²) >= 11 is 0. The fraction of sp³-hybridized carbons (Fsp3) is 0.667. The molecule has 0 bridgehead atoms. The third kappa shape index (κ3) is 2.85. The van der Waals surface area contributed by atoms with Crippen molar-refractivity contribution in [2.24, 2.45) is 0 Å². The van der Waals surface area contributed by atoms with Crippen LogP contribution in [0.5, 0.6) is 0 Å². The Labute approximate surface area is 101 Å². The molecule has 5 nitrogen and oxygen atoms in total. The van der Waals surface area contributed by atoms with Crippen molar-refractivity contribution in [1.29, 1.82) is 0 Å². The molecule has 0 fully saturated rings. The highest BCUT2D eigenvalue weighted by atomic mass is 16.5. The molecule has 0 aliphatic rings. The molecule has 0 amide bonds. The van der Waals surface area contributed by atoms with Gasteiger partial charge in [-0.1, -0.05) is 20.8 Å². The largest absolute Gasteiger partial charge is 0.463 e. The number of ether oxygens (including phenoxy) is 2. The molecule has 1 heterocycles. The Morgan fingerprint density at radius 1 is 1.41 bits per heavy atom. The molecule has 0 aromatic carbocycles. The first-order valence-corrected chi connectivity index (χ1v) is 5.53. The summed E-state index contributed by atoms with van der Waals surface area (Å²) in [5.41, 5.74) is 0.269. The number of oxazole rings is 1. The zero-order valence-electron chi connectivity index (χ0n) is 11.0. The van der Waals surface area contributed by atoms with E-state index in [1.165, 1.54) is 7.11 Å². The van der Waals surface area contributed by atoms with Gasteiger partial charge in [-0.3, -0.25) is 0 Å². The number of hydrogen-bond acceptors (Lipinski definition) is 5. The fourth-order valence-corrected chi connectivity index (χ4v) is 1.28. The second kappa shape index (κ2) is 5.31. The maximum absolute atomic E-state index is 11.5. The average Bonchev–Trinajstić information content (AvgIpc) is 2.73. The summed E-state index contributed by atoms with van der Waals surface area (Å²) in [6.45, 7) is 6.29. The van der Waals surface area contributed by atoms with Crippen LogP contribution >= 0.6 is 0 Å². The number of methoxy groups -OCH3 is 2. The van der Waals surface area contributed by atoms with E-state index in [1.54, 1.807) is 7.11 Å². The van der Waals surface area contributed by atoms with Gasteiger partial charge in [0, 0.05) is 12.5 Å². The number of aromatic nitrogens is 1. The van der Waals surface area contributed by atoms with E-state index in [4.69, 9.17) is 9.15 Å². The summed E-state index contributed by atoms with van der Waals surface area (Å²) in [5, 5.41) is 0. The standard InChI is InChI=1S/C12H19NO4/c1-6-12(2,3)11-13-8(7-15-4)9(17-11)10(14)16-5/h6-7H2,1-5H3. The van der Waals surface area contributed by atoms with Crippen molar-refractivity contribution in [3.8, 4) is 0 Å². The van der Waals surface area contributed by atoms with Gasteiger partial charge in [0.1, 0.15) is 5.69 Å². The summed E-state index contributed by atoms with van der Waals surface area (Å²) in [4.78, 5) is 15.8. The molecule has 0 saturated heterocycles. The normalized spacial score (nSPS) is 11.6. The van der Waals surface area contributed by atoms with E-state index in [2.05, 4.69) is 9.72 Å². The maximum atomic E-state index is 11.5. The van der Waals surface area contributed by atoms with Crippen LogP contribution in [0, 0.1) is 0 Å². The number of rotatable bonds is 5. The van der Waals surface area contributed by atoms with Gasteiger partial charge in [0.05, 0.1) is 13.7 Å². The second-order valence-electron chi connectivity index (χ2n) is 4.46. The van der Waals surface area contributed by atoms with Gasteiger partial charge in [0.25, 0.3) is 0 Å². The number of nitrogens with zero attached hydrogens (tertiary/aromatic N) is 1. The second-order valence-corrected chi connectivity index (χ2v) is 4.46. The van der Waals surface area contributed by atoms with Gasteiger partial charge in [-0.05, 0) is 6.42 Å². The number of esters is 1. The lowest BCUT2D eigenvalue weighted by Crippen LogP contribution is -2.15. The van der Waals surface area contributed by atoms with Crippen LogP contribution in [0.25, 0.3) is 0 Å². The number of carbonyl (C=O) groups is 1. The van der Waals surface area contributed by atoms with Gasteiger partial charge in [0.2, 0.25) is 11.7 Å². The number of hydrogen-bond donors (Lipinski definition) is 0. The van der Waals surface area contributed by atoms with Crippen LogP contribution in [-0.2, 0) is 21.5 Å². The van der Waals surface area contributed by atoms with Crippen LogP contribution in [0.4, 0.5) is 0 Å². The fourth-order valence-electron chi connectivity index (χ4n) is 1.28. The van der Waals surface area contributed by atoms with Crippen molar-refractivity contribution in [1.82, 2.24) is 4.98 Å². The molecule has 17 heavy (non-hydrogen) atoms. The van der Waals surface area contributed by atoms with Gasteiger partial charge in [0.15, 0.2) is 0 Å². The van der Waals surface area contributed by atoms with Gasteiger partial charge < -0.3 is 13.9 Å². The Morgan fingerprint density at radius 2 is 2.06 bits per heavy atom. The minimum atomic E-state index is -0.525. The van der Waals surface area contributed by atoms with Crippen molar-refractivity contribution in [3.63, 3.8) is 0 Å². The van der Waals surface area contributed by atoms with E-state index in [-0.39, 0.29) is 17.8 Å². The Bertz CT molecular complexity index is 395. The van der Waals surface area contributed by atoms with Gasteiger partial charge in [-0.15, -0.1) is 0 Å². The van der Waals surface area contributed by atoms with Crippen LogP contribution in [0.3, 0.4) is 0 Å². The molecule has 0 unspecified atom stereocenters. The van der Waals surface area contributed by atoms with Crippen LogP contribution in [0.1, 0.15) is 49.3 Å². The van der Waals surface area contributed by atoms with E-state index in [0.29, 0.717) is 11.6 Å². The molecule has 1 aromatic rings. The predicted octanol–water partition coefficient (Wildman–Crippen LogP) is 2.30. The average molecular weight is 241 g/mol. The van der Waals surface area contributed by atoms with Crippen molar-refractivity contribution in [2.75, 3.05) is 14.2 Å². The highest BCUT2D eigenvalue weighted by Crippen LogP contribution is 2.28. The molecule has 0 saturated carbocycles. The molecule has 0 aliphatic carbocycles. The maximum Gasteiger partial charge on any atom is 0.376 e. The molecule has 1 rings (SSSR count). The van der Waals surface area contributed by atoms with Crippen molar-refractivity contribution >= 4 is 5.97 Å². The summed E-state index contributed by atoms with van der Waals surface area (Å²) in [5.74, 6) is 0.140. The first kappa shape index (κ1) is 13.7. The van der Waals surface area contributed by atoms with Gasteiger partial charge in [-0.2, -0.15) is 0 Å². The first-order valence-electron chi connectivity index (χ1n) is 5.53. The predicted molar refractivity (Wildman–Crippen MR) is 61.9 cm³/mol. The zero-order valence-corrected chi connectivity index (χ0v) is 11.0. The minimum absolute atomic E-state index is 0.130. The Kier molecular flexibility index (Phi) is 4.28. The summed E-state index contributed by atoms with van der Waals surface area (Å²) in [6.07, 6.45) is 0.862. The molecule has 0 aliphatic heterocycles. The molecule has 96 valence electrons. The lowest BCUT2D eigenvalue weighted by molar-refractivity contribution is 0.0554. The zero-order chi connectivity index (χ0) is 13.1. The van der Waals surface area contributed by atoms with Crippen molar-refractivity contribution in [2.45, 2.75) is 39.2 Å². The SMILES string of the molecule is CCC(C)(C)c1nc(COC)c(C(=O)OC)o1. The summed E-state index contributed by atoms with van der Waals surface area (Å²) in [7, 11) is 2.85. The molecule has 1 aromatic heterocycles. The summed E-state index contributed by atoms with van der Waals surface area (Å²) < 4.78 is 15.2. The monoisotopic (exact) mass is 241 g/mol. The van der Waals surface area contributed by atoms with E-state index in [1.807, 2.05) is 20.8 Å². The van der Waals surface area contributed by atoms with Crippen LogP contribution < -0.4 is 0 Å². The van der Waals surface area contributed by atoms with E-state index in [9.17, 15) is 4.79 Å². The third-order valence-electron chi connectivity index (χ3n) is 2.81. The van der Waals surface area contributed by atoms with E-state index >= 15 is 0 Å². The molecule has 0 spiro atoms. The lowest BCUT2D eigenvalue weighted by Gasteiger charge is -2.17. The highest BCUT2D eigenvalue weighted by Gasteiger charge is 2.29. The molecule has 0 atom stereocenters. The van der Waals surface area contributed by atoms with Gasteiger partial charge in [-0.25, -0.2) is 9.78 Å². The molecular weight excluding hydrogens is 222 g/mol. The van der Waals surface area contributed by atoms with Crippen molar-refractivity contribution < 1.29 is 18.7 Å². The first-order chi connectivity index (χ1) is 7.96. The Balaban J connectivity index is 3.16.